The van der Waals surface area contributed by atoms with Crippen molar-refractivity contribution < 1.29 is 4.79 Å². The van der Waals surface area contributed by atoms with Crippen LogP contribution in [0.4, 0.5) is 0 Å². The van der Waals surface area contributed by atoms with Crippen LogP contribution in [0.3, 0.4) is 0 Å². The summed E-state index contributed by atoms with van der Waals surface area (Å²) in [5.41, 5.74) is 10.7. The summed E-state index contributed by atoms with van der Waals surface area (Å²) in [6.07, 6.45) is 1.72. The van der Waals surface area contributed by atoms with Gasteiger partial charge in [-0.1, -0.05) is 45.8 Å². The first-order chi connectivity index (χ1) is 14.3. The molecule has 0 saturated heterocycles. The first kappa shape index (κ1) is 22.4. The van der Waals surface area contributed by atoms with Gasteiger partial charge in [-0.15, -0.1) is 11.8 Å². The van der Waals surface area contributed by atoms with Crippen molar-refractivity contribution >= 4 is 39.8 Å². The predicted molar refractivity (Wildman–Crippen MR) is 131 cm³/mol. The summed E-state index contributed by atoms with van der Waals surface area (Å²) in [7, 11) is 0. The molecule has 0 spiro atoms. The fourth-order valence-corrected chi connectivity index (χ4v) is 4.65. The Morgan fingerprint density at radius 1 is 1.13 bits per heavy atom. The van der Waals surface area contributed by atoms with Crippen molar-refractivity contribution in [3.63, 3.8) is 0 Å². The number of thioether (sulfide) groups is 1. The standard InChI is InChI=1S/C24H26BrN3OS/c1-16-8-9-23(17(2)10-16)28-18(3)11-21(19(28)4)13-26-27-24(29)15-30-14-20-6-5-7-22(25)12-20/h5-13H,14-15H2,1-4H3,(H,27,29)/b26-13-. The van der Waals surface area contributed by atoms with Crippen LogP contribution < -0.4 is 5.43 Å². The van der Waals surface area contributed by atoms with Crippen LogP contribution in [0, 0.1) is 27.7 Å². The van der Waals surface area contributed by atoms with E-state index in [1.165, 1.54) is 22.4 Å². The Kier molecular flexibility index (Phi) is 7.56. The van der Waals surface area contributed by atoms with Crippen molar-refractivity contribution in [2.75, 3.05) is 5.75 Å². The van der Waals surface area contributed by atoms with Crippen LogP contribution in [0.1, 0.15) is 33.6 Å². The van der Waals surface area contributed by atoms with Gasteiger partial charge in [0.1, 0.15) is 0 Å². The number of aromatic nitrogens is 1. The highest BCUT2D eigenvalue weighted by molar-refractivity contribution is 9.10. The minimum Gasteiger partial charge on any atom is -0.318 e. The summed E-state index contributed by atoms with van der Waals surface area (Å²) in [4.78, 5) is 12.1. The Balaban J connectivity index is 1.59. The van der Waals surface area contributed by atoms with E-state index in [0.717, 1.165) is 27.2 Å². The van der Waals surface area contributed by atoms with Crippen LogP contribution in [0.25, 0.3) is 5.69 Å². The maximum atomic E-state index is 12.1. The second-order valence-corrected chi connectivity index (χ2v) is 9.27. The largest absolute Gasteiger partial charge is 0.318 e. The summed E-state index contributed by atoms with van der Waals surface area (Å²) in [6.45, 7) is 8.38. The maximum absolute atomic E-state index is 12.1. The Morgan fingerprint density at radius 2 is 1.93 bits per heavy atom. The predicted octanol–water partition coefficient (Wildman–Crippen LogP) is 5.86. The zero-order chi connectivity index (χ0) is 21.7. The van der Waals surface area contributed by atoms with E-state index in [2.05, 4.69) is 95.1 Å². The smallest absolute Gasteiger partial charge is 0.250 e. The maximum Gasteiger partial charge on any atom is 0.250 e. The molecule has 0 aliphatic carbocycles. The molecule has 1 aromatic heterocycles. The normalized spacial score (nSPS) is 11.2. The monoisotopic (exact) mass is 483 g/mol. The molecular weight excluding hydrogens is 458 g/mol. The molecule has 0 saturated carbocycles. The lowest BCUT2D eigenvalue weighted by molar-refractivity contribution is -0.118. The number of benzene rings is 2. The van der Waals surface area contributed by atoms with Gasteiger partial charge >= 0.3 is 0 Å². The lowest BCUT2D eigenvalue weighted by Gasteiger charge is -2.13. The lowest BCUT2D eigenvalue weighted by Crippen LogP contribution is -2.19. The van der Waals surface area contributed by atoms with E-state index in [-0.39, 0.29) is 5.91 Å². The van der Waals surface area contributed by atoms with Gasteiger partial charge in [-0.3, -0.25) is 4.79 Å². The molecule has 0 bridgehead atoms. The molecule has 0 atom stereocenters. The van der Waals surface area contributed by atoms with E-state index in [4.69, 9.17) is 0 Å². The first-order valence-electron chi connectivity index (χ1n) is 9.76. The zero-order valence-corrected chi connectivity index (χ0v) is 20.1. The fraction of sp³-hybridized carbons (Fsp3) is 0.250. The number of aryl methyl sites for hydroxylation is 3. The van der Waals surface area contributed by atoms with E-state index in [1.54, 1.807) is 18.0 Å². The third-order valence-corrected chi connectivity index (χ3v) is 6.34. The van der Waals surface area contributed by atoms with E-state index in [1.807, 2.05) is 12.1 Å². The molecule has 1 amide bonds. The van der Waals surface area contributed by atoms with Gasteiger partial charge < -0.3 is 4.57 Å². The van der Waals surface area contributed by atoms with Crippen molar-refractivity contribution in [2.24, 2.45) is 5.10 Å². The first-order valence-corrected chi connectivity index (χ1v) is 11.7. The zero-order valence-electron chi connectivity index (χ0n) is 17.7. The number of nitrogens with zero attached hydrogens (tertiary/aromatic N) is 2. The quantitative estimate of drug-likeness (QED) is 0.338. The van der Waals surface area contributed by atoms with Gasteiger partial charge in [0.05, 0.1) is 12.0 Å². The van der Waals surface area contributed by atoms with Crippen LogP contribution >= 0.6 is 27.7 Å². The number of halogens is 1. The highest BCUT2D eigenvalue weighted by Gasteiger charge is 2.11. The van der Waals surface area contributed by atoms with Gasteiger partial charge in [-0.2, -0.15) is 5.10 Å². The average molecular weight is 484 g/mol. The number of carbonyl (C=O) groups excluding carboxylic acids is 1. The highest BCUT2D eigenvalue weighted by Crippen LogP contribution is 2.23. The van der Waals surface area contributed by atoms with Crippen LogP contribution in [0.15, 0.2) is 58.1 Å². The Morgan fingerprint density at radius 3 is 2.67 bits per heavy atom. The van der Waals surface area contributed by atoms with Gasteiger partial charge in [0, 0.05) is 32.9 Å². The average Bonchev–Trinajstić information content (AvgIpc) is 2.96. The Bertz CT molecular complexity index is 1090. The summed E-state index contributed by atoms with van der Waals surface area (Å²) >= 11 is 5.03. The van der Waals surface area contributed by atoms with E-state index >= 15 is 0 Å². The molecule has 1 heterocycles. The number of rotatable bonds is 7. The number of hydrogen-bond donors (Lipinski definition) is 1. The second kappa shape index (κ2) is 10.1. The molecule has 0 radical (unpaired) electrons. The minimum atomic E-state index is -0.102. The van der Waals surface area contributed by atoms with Crippen LogP contribution in [0.2, 0.25) is 0 Å². The summed E-state index contributed by atoms with van der Waals surface area (Å²) in [5.74, 6) is 1.05. The Labute approximate surface area is 190 Å². The molecule has 30 heavy (non-hydrogen) atoms. The molecule has 0 fully saturated rings. The fourth-order valence-electron chi connectivity index (χ4n) is 3.44. The van der Waals surface area contributed by atoms with Gasteiger partial charge in [0.25, 0.3) is 0 Å². The molecular formula is C24H26BrN3OS. The molecule has 156 valence electrons. The molecule has 6 heteroatoms. The number of nitrogens with one attached hydrogen (secondary N) is 1. The molecule has 0 aliphatic rings. The molecule has 3 rings (SSSR count). The second-order valence-electron chi connectivity index (χ2n) is 7.37. The molecule has 2 aromatic carbocycles. The lowest BCUT2D eigenvalue weighted by atomic mass is 10.1. The summed E-state index contributed by atoms with van der Waals surface area (Å²) < 4.78 is 3.28. The van der Waals surface area contributed by atoms with E-state index in [0.29, 0.717) is 5.75 Å². The van der Waals surface area contributed by atoms with Crippen molar-refractivity contribution in [3.8, 4) is 5.69 Å². The molecule has 3 aromatic rings. The third-order valence-electron chi connectivity index (χ3n) is 4.85. The van der Waals surface area contributed by atoms with Gasteiger partial charge in [-0.25, -0.2) is 5.43 Å². The highest BCUT2D eigenvalue weighted by atomic mass is 79.9. The van der Waals surface area contributed by atoms with Gasteiger partial charge in [-0.05, 0) is 63.1 Å². The van der Waals surface area contributed by atoms with Crippen molar-refractivity contribution in [1.82, 2.24) is 9.99 Å². The summed E-state index contributed by atoms with van der Waals surface area (Å²) in [5, 5.41) is 4.17. The number of hydrogen-bond acceptors (Lipinski definition) is 3. The topological polar surface area (TPSA) is 46.4 Å². The third kappa shape index (κ3) is 5.64. The van der Waals surface area contributed by atoms with E-state index in [9.17, 15) is 4.79 Å². The molecule has 0 unspecified atom stereocenters. The van der Waals surface area contributed by atoms with Crippen LogP contribution in [-0.2, 0) is 10.5 Å². The van der Waals surface area contributed by atoms with Crippen LogP contribution in [0.5, 0.6) is 0 Å². The van der Waals surface area contributed by atoms with Crippen molar-refractivity contribution in [1.29, 1.82) is 0 Å². The van der Waals surface area contributed by atoms with E-state index < -0.39 is 0 Å². The van der Waals surface area contributed by atoms with Crippen molar-refractivity contribution in [2.45, 2.75) is 33.4 Å². The number of amides is 1. The molecule has 4 nitrogen and oxygen atoms in total. The SMILES string of the molecule is Cc1ccc(-n2c(C)cc(/C=N\NC(=O)CSCc3cccc(Br)c3)c2C)c(C)c1. The van der Waals surface area contributed by atoms with Crippen LogP contribution in [-0.4, -0.2) is 22.4 Å². The number of hydrazone groups is 1. The molecule has 0 aliphatic heterocycles. The van der Waals surface area contributed by atoms with Gasteiger partial charge in [0.15, 0.2) is 0 Å². The number of carbonyl (C=O) groups is 1. The molecule has 1 N–H and O–H groups in total. The minimum absolute atomic E-state index is 0.102. The Hall–Kier alpha value is -2.31. The summed E-state index contributed by atoms with van der Waals surface area (Å²) in [6, 6.07) is 16.7. The van der Waals surface area contributed by atoms with Gasteiger partial charge in [0.2, 0.25) is 5.91 Å². The van der Waals surface area contributed by atoms with Crippen molar-refractivity contribution in [3.05, 3.63) is 86.6 Å².